The van der Waals surface area contributed by atoms with Gasteiger partial charge in [-0.2, -0.15) is 0 Å². The lowest BCUT2D eigenvalue weighted by Gasteiger charge is -2.15. The maximum Gasteiger partial charge on any atom is 0.116 e. The molecule has 1 N–H and O–H groups in total. The van der Waals surface area contributed by atoms with Gasteiger partial charge in [0.15, 0.2) is 0 Å². The lowest BCUT2D eigenvalue weighted by atomic mass is 10.1. The van der Waals surface area contributed by atoms with Crippen molar-refractivity contribution >= 4 is 0 Å². The Hall–Kier alpha value is -0.530. The third-order valence-electron chi connectivity index (χ3n) is 1.34. The molecule has 8 heavy (non-hydrogen) atoms. The second-order valence-corrected chi connectivity index (χ2v) is 2.20. The number of halogens is 1. The fraction of sp³-hybridized carbons (Fsp3) is 0.667. The Bertz CT molecular complexity index is 109. The van der Waals surface area contributed by atoms with Crippen LogP contribution in [0.25, 0.3) is 0 Å². The van der Waals surface area contributed by atoms with Crippen molar-refractivity contribution in [3.8, 4) is 0 Å². The van der Waals surface area contributed by atoms with Crippen LogP contribution in [-0.2, 0) is 0 Å². The zero-order valence-corrected chi connectivity index (χ0v) is 4.95. The summed E-state index contributed by atoms with van der Waals surface area (Å²) in [6.07, 6.45) is 2.98. The molecule has 1 unspecified atom stereocenters. The van der Waals surface area contributed by atoms with E-state index in [2.05, 4.69) is 5.32 Å². The van der Waals surface area contributed by atoms with Crippen molar-refractivity contribution in [1.29, 1.82) is 0 Å². The number of nitrogens with one attached hydrogen (secondary N) is 1. The molecule has 0 aromatic heterocycles. The van der Waals surface area contributed by atoms with Crippen LogP contribution in [-0.4, -0.2) is 6.04 Å². The van der Waals surface area contributed by atoms with Crippen LogP contribution in [0, 0.1) is 0 Å². The van der Waals surface area contributed by atoms with Crippen LogP contribution in [0.1, 0.15) is 19.8 Å². The Morgan fingerprint density at radius 1 is 1.88 bits per heavy atom. The summed E-state index contributed by atoms with van der Waals surface area (Å²) in [5.74, 6) is -0.0249. The number of allylic oxidation sites excluding steroid dienone is 1. The second-order valence-electron chi connectivity index (χ2n) is 2.20. The monoisotopic (exact) mass is 115 g/mol. The Labute approximate surface area is 48.6 Å². The Morgan fingerprint density at radius 3 is 3.00 bits per heavy atom. The number of hydrogen-bond donors (Lipinski definition) is 1. The summed E-state index contributed by atoms with van der Waals surface area (Å²) in [6.45, 7) is 2.04. The number of hydrogen-bond acceptors (Lipinski definition) is 1. The van der Waals surface area contributed by atoms with Crippen molar-refractivity contribution in [2.24, 2.45) is 0 Å². The molecule has 0 bridgehead atoms. The maximum atomic E-state index is 12.2. The Kier molecular flexibility index (Phi) is 1.51. The number of rotatable bonds is 0. The largest absolute Gasteiger partial charge is 0.386 e. The van der Waals surface area contributed by atoms with Gasteiger partial charge >= 0.3 is 0 Å². The first-order valence-corrected chi connectivity index (χ1v) is 2.89. The molecule has 0 fully saturated rings. The Morgan fingerprint density at radius 2 is 2.62 bits per heavy atom. The van der Waals surface area contributed by atoms with Gasteiger partial charge in [-0.15, -0.1) is 0 Å². The summed E-state index contributed by atoms with van der Waals surface area (Å²) in [5, 5.41) is 2.89. The summed E-state index contributed by atoms with van der Waals surface area (Å²) < 4.78 is 12.2. The molecule has 0 amide bonds. The van der Waals surface area contributed by atoms with Gasteiger partial charge in [0.05, 0.1) is 0 Å². The van der Waals surface area contributed by atoms with E-state index in [9.17, 15) is 4.39 Å². The zero-order valence-electron chi connectivity index (χ0n) is 4.95. The third-order valence-corrected chi connectivity index (χ3v) is 1.34. The molecule has 2 heteroatoms. The molecule has 0 saturated heterocycles. The molecule has 0 aliphatic carbocycles. The van der Waals surface area contributed by atoms with Gasteiger partial charge in [-0.3, -0.25) is 0 Å². The highest BCUT2D eigenvalue weighted by Gasteiger charge is 2.06. The summed E-state index contributed by atoms with van der Waals surface area (Å²) in [4.78, 5) is 0. The van der Waals surface area contributed by atoms with Gasteiger partial charge in [0.1, 0.15) is 5.83 Å². The minimum Gasteiger partial charge on any atom is -0.386 e. The molecular weight excluding hydrogens is 105 g/mol. The Balaban J connectivity index is 2.42. The molecule has 1 aliphatic rings. The molecule has 46 valence electrons. The molecule has 0 aromatic rings. The molecule has 1 atom stereocenters. The van der Waals surface area contributed by atoms with E-state index in [4.69, 9.17) is 0 Å². The van der Waals surface area contributed by atoms with Crippen LogP contribution in [0.3, 0.4) is 0 Å². The quantitative estimate of drug-likeness (QED) is 0.505. The van der Waals surface area contributed by atoms with Gasteiger partial charge in [0, 0.05) is 18.7 Å². The zero-order chi connectivity index (χ0) is 5.98. The van der Waals surface area contributed by atoms with Gasteiger partial charge in [-0.25, -0.2) is 4.39 Å². The predicted octanol–water partition coefficient (Wildman–Crippen LogP) is 1.57. The van der Waals surface area contributed by atoms with E-state index in [0.29, 0.717) is 12.5 Å². The average molecular weight is 115 g/mol. The van der Waals surface area contributed by atoms with Crippen LogP contribution in [0.2, 0.25) is 0 Å². The van der Waals surface area contributed by atoms with E-state index in [1.807, 2.05) is 6.92 Å². The van der Waals surface area contributed by atoms with Crippen molar-refractivity contribution in [3.63, 3.8) is 0 Å². The molecule has 1 nitrogen and oxygen atoms in total. The van der Waals surface area contributed by atoms with E-state index < -0.39 is 0 Å². The normalized spacial score (nSPS) is 28.8. The molecular formula is C6H10FN. The molecule has 0 saturated carbocycles. The second kappa shape index (κ2) is 2.16. The SMILES string of the molecule is CC1CCC(F)=CN1. The first-order valence-electron chi connectivity index (χ1n) is 2.89. The summed E-state index contributed by atoms with van der Waals surface area (Å²) in [6, 6.07) is 0.453. The van der Waals surface area contributed by atoms with Gasteiger partial charge < -0.3 is 5.32 Å². The van der Waals surface area contributed by atoms with E-state index in [1.165, 1.54) is 6.20 Å². The van der Waals surface area contributed by atoms with E-state index >= 15 is 0 Å². The highest BCUT2D eigenvalue weighted by Crippen LogP contribution is 2.12. The molecule has 1 heterocycles. The first kappa shape index (κ1) is 5.60. The summed E-state index contributed by atoms with van der Waals surface area (Å²) in [7, 11) is 0. The van der Waals surface area contributed by atoms with Gasteiger partial charge in [0.2, 0.25) is 0 Å². The lowest BCUT2D eigenvalue weighted by Crippen LogP contribution is -2.23. The third kappa shape index (κ3) is 1.22. The molecule has 0 spiro atoms. The van der Waals surface area contributed by atoms with E-state index in [-0.39, 0.29) is 5.83 Å². The smallest absolute Gasteiger partial charge is 0.116 e. The maximum absolute atomic E-state index is 12.2. The minimum atomic E-state index is -0.0249. The fourth-order valence-corrected chi connectivity index (χ4v) is 0.743. The highest BCUT2D eigenvalue weighted by molar-refractivity contribution is 4.96. The van der Waals surface area contributed by atoms with Gasteiger partial charge in [0.25, 0.3) is 0 Å². The van der Waals surface area contributed by atoms with Crippen molar-refractivity contribution in [1.82, 2.24) is 5.32 Å². The van der Waals surface area contributed by atoms with Crippen LogP contribution in [0.4, 0.5) is 4.39 Å². The topological polar surface area (TPSA) is 12.0 Å². The van der Waals surface area contributed by atoms with Crippen LogP contribution in [0.5, 0.6) is 0 Å². The molecule has 1 aliphatic heterocycles. The van der Waals surface area contributed by atoms with Crippen LogP contribution in [0.15, 0.2) is 12.0 Å². The first-order chi connectivity index (χ1) is 3.79. The fourth-order valence-electron chi connectivity index (χ4n) is 0.743. The molecule has 1 rings (SSSR count). The molecule has 0 radical (unpaired) electrons. The average Bonchev–Trinajstić information content (AvgIpc) is 1.77. The summed E-state index contributed by atoms with van der Waals surface area (Å²) in [5.41, 5.74) is 0. The minimum absolute atomic E-state index is 0.0249. The van der Waals surface area contributed by atoms with Crippen molar-refractivity contribution < 1.29 is 4.39 Å². The van der Waals surface area contributed by atoms with Crippen molar-refractivity contribution in [2.45, 2.75) is 25.8 Å². The predicted molar refractivity (Wildman–Crippen MR) is 31.0 cm³/mol. The van der Waals surface area contributed by atoms with Gasteiger partial charge in [-0.1, -0.05) is 0 Å². The van der Waals surface area contributed by atoms with Crippen molar-refractivity contribution in [3.05, 3.63) is 12.0 Å². The molecule has 0 aromatic carbocycles. The van der Waals surface area contributed by atoms with E-state index in [1.54, 1.807) is 0 Å². The van der Waals surface area contributed by atoms with Crippen molar-refractivity contribution in [2.75, 3.05) is 0 Å². The summed E-state index contributed by atoms with van der Waals surface area (Å²) >= 11 is 0. The standard InChI is InChI=1S/C6H10FN/c1-5-2-3-6(7)4-8-5/h4-5,8H,2-3H2,1H3. The lowest BCUT2D eigenvalue weighted by molar-refractivity contribution is 0.473. The van der Waals surface area contributed by atoms with Crippen LogP contribution < -0.4 is 5.32 Å². The highest BCUT2D eigenvalue weighted by atomic mass is 19.1. The van der Waals surface area contributed by atoms with Gasteiger partial charge in [-0.05, 0) is 13.3 Å². The van der Waals surface area contributed by atoms with Crippen LogP contribution >= 0.6 is 0 Å². The van der Waals surface area contributed by atoms with E-state index in [0.717, 1.165) is 6.42 Å².